The molecule has 0 spiro atoms. The quantitative estimate of drug-likeness (QED) is 0.802. The SMILES string of the molecule is CCN(CC)C1=NC(=Nc2ccccc2)C(C)(C)C1(C)C. The molecule has 0 atom stereocenters. The lowest BCUT2D eigenvalue weighted by molar-refractivity contribution is 0.265. The molecule has 1 aromatic rings. The summed E-state index contributed by atoms with van der Waals surface area (Å²) in [5.74, 6) is 2.09. The molecule has 0 radical (unpaired) electrons. The molecule has 0 N–H and O–H groups in total. The van der Waals surface area contributed by atoms with Crippen LogP contribution >= 0.6 is 0 Å². The van der Waals surface area contributed by atoms with Crippen LogP contribution in [0.25, 0.3) is 0 Å². The maximum atomic E-state index is 4.92. The van der Waals surface area contributed by atoms with Gasteiger partial charge in [0.25, 0.3) is 0 Å². The maximum absolute atomic E-state index is 4.92. The minimum atomic E-state index is -0.0826. The average molecular weight is 285 g/mol. The van der Waals surface area contributed by atoms with E-state index >= 15 is 0 Å². The Morgan fingerprint density at radius 1 is 0.952 bits per heavy atom. The van der Waals surface area contributed by atoms with E-state index in [4.69, 9.17) is 9.98 Å². The summed E-state index contributed by atoms with van der Waals surface area (Å²) in [6, 6.07) is 10.1. The second-order valence-corrected chi connectivity index (χ2v) is 6.63. The third kappa shape index (κ3) is 2.61. The average Bonchev–Trinajstić information content (AvgIpc) is 2.62. The fourth-order valence-electron chi connectivity index (χ4n) is 2.72. The van der Waals surface area contributed by atoms with Gasteiger partial charge in [0.1, 0.15) is 11.7 Å². The summed E-state index contributed by atoms with van der Waals surface area (Å²) in [6.07, 6.45) is 0. The molecule has 3 heteroatoms. The molecule has 1 aliphatic rings. The highest BCUT2D eigenvalue weighted by molar-refractivity contribution is 6.11. The van der Waals surface area contributed by atoms with Gasteiger partial charge in [0.2, 0.25) is 0 Å². The molecule has 0 amide bonds. The maximum Gasteiger partial charge on any atom is 0.137 e. The molecule has 0 aromatic heterocycles. The Morgan fingerprint density at radius 2 is 1.52 bits per heavy atom. The van der Waals surface area contributed by atoms with E-state index in [0.29, 0.717) is 0 Å². The number of rotatable bonds is 3. The number of benzene rings is 1. The van der Waals surface area contributed by atoms with Crippen LogP contribution in [0.4, 0.5) is 5.69 Å². The van der Waals surface area contributed by atoms with E-state index in [0.717, 1.165) is 30.4 Å². The summed E-state index contributed by atoms with van der Waals surface area (Å²) in [6.45, 7) is 15.4. The zero-order valence-corrected chi connectivity index (χ0v) is 14.1. The third-order valence-corrected chi connectivity index (χ3v) is 4.95. The molecule has 2 rings (SSSR count). The smallest absolute Gasteiger partial charge is 0.137 e. The van der Waals surface area contributed by atoms with E-state index in [2.05, 4.69) is 46.4 Å². The van der Waals surface area contributed by atoms with Crippen molar-refractivity contribution in [2.45, 2.75) is 41.5 Å². The summed E-state index contributed by atoms with van der Waals surface area (Å²) in [7, 11) is 0. The first-order valence-corrected chi connectivity index (χ1v) is 7.83. The van der Waals surface area contributed by atoms with E-state index in [1.807, 2.05) is 30.3 Å². The monoisotopic (exact) mass is 285 g/mol. The van der Waals surface area contributed by atoms with Crippen LogP contribution in [-0.2, 0) is 0 Å². The predicted molar refractivity (Wildman–Crippen MR) is 91.5 cm³/mol. The lowest BCUT2D eigenvalue weighted by Crippen LogP contribution is -2.45. The lowest BCUT2D eigenvalue weighted by Gasteiger charge is -2.38. The molecule has 1 aromatic carbocycles. The zero-order chi connectivity index (χ0) is 15.7. The van der Waals surface area contributed by atoms with Crippen molar-refractivity contribution < 1.29 is 0 Å². The molecule has 1 aliphatic heterocycles. The summed E-state index contributed by atoms with van der Waals surface area (Å²) in [5.41, 5.74) is 0.869. The fraction of sp³-hybridized carbons (Fsp3) is 0.556. The third-order valence-electron chi connectivity index (χ3n) is 4.95. The minimum absolute atomic E-state index is 0.0212. The van der Waals surface area contributed by atoms with Crippen LogP contribution in [0.1, 0.15) is 41.5 Å². The van der Waals surface area contributed by atoms with Crippen LogP contribution in [0.5, 0.6) is 0 Å². The summed E-state index contributed by atoms with van der Waals surface area (Å²) < 4.78 is 0. The summed E-state index contributed by atoms with van der Waals surface area (Å²) in [5, 5.41) is 0. The van der Waals surface area contributed by atoms with Gasteiger partial charge in [0, 0.05) is 23.9 Å². The van der Waals surface area contributed by atoms with Gasteiger partial charge in [0.05, 0.1) is 5.69 Å². The molecular formula is C18H27N3. The Kier molecular flexibility index (Phi) is 4.22. The molecule has 21 heavy (non-hydrogen) atoms. The van der Waals surface area contributed by atoms with Gasteiger partial charge >= 0.3 is 0 Å². The van der Waals surface area contributed by atoms with Crippen molar-refractivity contribution in [2.24, 2.45) is 20.8 Å². The molecule has 114 valence electrons. The van der Waals surface area contributed by atoms with E-state index in [-0.39, 0.29) is 10.8 Å². The molecule has 0 unspecified atom stereocenters. The van der Waals surface area contributed by atoms with Gasteiger partial charge in [0.15, 0.2) is 0 Å². The normalized spacial score (nSPS) is 21.4. The molecule has 0 bridgehead atoms. The second-order valence-electron chi connectivity index (χ2n) is 6.63. The standard InChI is InChI=1S/C18H27N3/c1-7-21(8-2)16-18(5,6)17(3,4)15(20-16)19-14-12-10-9-11-13-14/h9-13H,7-8H2,1-6H3. The van der Waals surface area contributed by atoms with Crippen LogP contribution in [0.2, 0.25) is 0 Å². The number of nitrogens with zero attached hydrogens (tertiary/aromatic N) is 3. The van der Waals surface area contributed by atoms with Crippen molar-refractivity contribution >= 4 is 17.4 Å². The second kappa shape index (κ2) is 5.63. The summed E-state index contributed by atoms with van der Waals surface area (Å²) in [4.78, 5) is 12.1. The highest BCUT2D eigenvalue weighted by atomic mass is 15.2. The first-order chi connectivity index (χ1) is 9.84. The molecule has 0 fully saturated rings. The van der Waals surface area contributed by atoms with Gasteiger partial charge in [-0.2, -0.15) is 0 Å². The van der Waals surface area contributed by atoms with Gasteiger partial charge < -0.3 is 4.90 Å². The van der Waals surface area contributed by atoms with Gasteiger partial charge in [-0.25, -0.2) is 9.98 Å². The first-order valence-electron chi connectivity index (χ1n) is 7.83. The van der Waals surface area contributed by atoms with Crippen LogP contribution in [0.3, 0.4) is 0 Å². The number of hydrogen-bond acceptors (Lipinski definition) is 2. The molecule has 0 aliphatic carbocycles. The highest BCUT2D eigenvalue weighted by Crippen LogP contribution is 2.47. The summed E-state index contributed by atoms with van der Waals surface area (Å²) >= 11 is 0. The zero-order valence-electron chi connectivity index (χ0n) is 14.1. The number of amidine groups is 2. The van der Waals surface area contributed by atoms with Crippen LogP contribution < -0.4 is 0 Å². The van der Waals surface area contributed by atoms with Gasteiger partial charge in [-0.15, -0.1) is 0 Å². The van der Waals surface area contributed by atoms with Gasteiger partial charge in [-0.05, 0) is 26.0 Å². The Morgan fingerprint density at radius 3 is 2.05 bits per heavy atom. The van der Waals surface area contributed by atoms with Crippen LogP contribution in [0.15, 0.2) is 40.3 Å². The minimum Gasteiger partial charge on any atom is -0.360 e. The molecule has 0 saturated carbocycles. The van der Waals surface area contributed by atoms with Crippen LogP contribution in [0, 0.1) is 10.8 Å². The van der Waals surface area contributed by atoms with Crippen LogP contribution in [-0.4, -0.2) is 29.7 Å². The fourth-order valence-corrected chi connectivity index (χ4v) is 2.72. The van der Waals surface area contributed by atoms with Crippen molar-refractivity contribution in [1.82, 2.24) is 4.90 Å². The molecule has 0 saturated heterocycles. The van der Waals surface area contributed by atoms with E-state index in [9.17, 15) is 0 Å². The van der Waals surface area contributed by atoms with Gasteiger partial charge in [-0.3, -0.25) is 0 Å². The van der Waals surface area contributed by atoms with Crippen molar-refractivity contribution in [3.63, 3.8) is 0 Å². The van der Waals surface area contributed by atoms with Crippen molar-refractivity contribution in [1.29, 1.82) is 0 Å². The Balaban J connectivity index is 2.49. The molecular weight excluding hydrogens is 258 g/mol. The Labute approximate surface area is 128 Å². The van der Waals surface area contributed by atoms with Gasteiger partial charge in [-0.1, -0.05) is 45.9 Å². The van der Waals surface area contributed by atoms with E-state index in [1.165, 1.54) is 0 Å². The predicted octanol–water partition coefficient (Wildman–Crippen LogP) is 4.52. The Hall–Kier alpha value is -1.64. The van der Waals surface area contributed by atoms with Crippen molar-refractivity contribution in [3.05, 3.63) is 30.3 Å². The first kappa shape index (κ1) is 15.7. The highest BCUT2D eigenvalue weighted by Gasteiger charge is 2.51. The number of hydrogen-bond donors (Lipinski definition) is 0. The number of para-hydroxylation sites is 1. The topological polar surface area (TPSA) is 28.0 Å². The molecule has 3 nitrogen and oxygen atoms in total. The Bertz CT molecular complexity index is 549. The van der Waals surface area contributed by atoms with E-state index < -0.39 is 0 Å². The number of aliphatic imine (C=N–C) groups is 2. The van der Waals surface area contributed by atoms with Crippen molar-refractivity contribution in [2.75, 3.05) is 13.1 Å². The lowest BCUT2D eigenvalue weighted by atomic mass is 9.68. The van der Waals surface area contributed by atoms with E-state index in [1.54, 1.807) is 0 Å². The molecule has 1 heterocycles. The largest absolute Gasteiger partial charge is 0.360 e. The van der Waals surface area contributed by atoms with Crippen molar-refractivity contribution in [3.8, 4) is 0 Å².